The minimum absolute atomic E-state index is 0.0744. The summed E-state index contributed by atoms with van der Waals surface area (Å²) >= 11 is 0. The number of benzene rings is 1. The molecule has 3 N–H and O–H groups in total. The molecule has 22 heavy (non-hydrogen) atoms. The molecule has 0 heterocycles. The van der Waals surface area contributed by atoms with E-state index in [4.69, 9.17) is 10.8 Å². The number of hydrogen-bond acceptors (Lipinski definition) is 3. The van der Waals surface area contributed by atoms with Crippen molar-refractivity contribution < 1.29 is 19.5 Å². The summed E-state index contributed by atoms with van der Waals surface area (Å²) < 4.78 is 0. The summed E-state index contributed by atoms with van der Waals surface area (Å²) in [6, 6.07) is 6.41. The average molecular weight is 306 g/mol. The molecule has 0 fully saturated rings. The lowest BCUT2D eigenvalue weighted by Crippen LogP contribution is -2.40. The Kier molecular flexibility index (Phi) is 6.56. The van der Waals surface area contributed by atoms with Gasteiger partial charge in [0.15, 0.2) is 0 Å². The molecule has 0 atom stereocenters. The van der Waals surface area contributed by atoms with Crippen LogP contribution in [0, 0.1) is 5.92 Å². The Balaban J connectivity index is 2.61. The van der Waals surface area contributed by atoms with Gasteiger partial charge in [-0.1, -0.05) is 26.0 Å². The van der Waals surface area contributed by atoms with E-state index >= 15 is 0 Å². The van der Waals surface area contributed by atoms with Crippen LogP contribution >= 0.6 is 0 Å². The number of carbonyl (C=O) groups excluding carboxylic acids is 2. The summed E-state index contributed by atoms with van der Waals surface area (Å²) in [6.45, 7) is 4.34. The van der Waals surface area contributed by atoms with Crippen molar-refractivity contribution in [2.24, 2.45) is 11.7 Å². The predicted molar refractivity (Wildman–Crippen MR) is 82.3 cm³/mol. The van der Waals surface area contributed by atoms with Crippen LogP contribution in [0.1, 0.15) is 36.2 Å². The van der Waals surface area contributed by atoms with Crippen molar-refractivity contribution in [3.8, 4) is 0 Å². The van der Waals surface area contributed by atoms with Gasteiger partial charge in [0.2, 0.25) is 11.8 Å². The van der Waals surface area contributed by atoms with Gasteiger partial charge in [-0.2, -0.15) is 0 Å². The SMILES string of the molecule is CC(C)CN(CC(N)=O)C(=O)CCc1ccc(C(=O)O)cc1. The standard InChI is InChI=1S/C16H22N2O4/c1-11(2)9-18(10-14(17)19)15(20)8-5-12-3-6-13(7-4-12)16(21)22/h3-4,6-7,11H,5,8-10H2,1-2H3,(H2,17,19)(H,21,22). The molecule has 0 aromatic heterocycles. The zero-order valence-corrected chi connectivity index (χ0v) is 12.9. The minimum Gasteiger partial charge on any atom is -0.478 e. The Hall–Kier alpha value is -2.37. The molecule has 0 aliphatic carbocycles. The van der Waals surface area contributed by atoms with E-state index in [1.165, 1.54) is 17.0 Å². The maximum Gasteiger partial charge on any atom is 0.335 e. The fourth-order valence-corrected chi connectivity index (χ4v) is 2.11. The fourth-order valence-electron chi connectivity index (χ4n) is 2.11. The molecule has 0 aliphatic rings. The third-order valence-corrected chi connectivity index (χ3v) is 3.11. The second kappa shape index (κ2) is 8.17. The zero-order valence-electron chi connectivity index (χ0n) is 12.9. The van der Waals surface area contributed by atoms with Gasteiger partial charge in [-0.25, -0.2) is 4.79 Å². The molecule has 0 radical (unpaired) electrons. The van der Waals surface area contributed by atoms with Crippen LogP contribution in [-0.2, 0) is 16.0 Å². The second-order valence-electron chi connectivity index (χ2n) is 5.64. The van der Waals surface area contributed by atoms with Crippen LogP contribution < -0.4 is 5.73 Å². The van der Waals surface area contributed by atoms with E-state index in [2.05, 4.69) is 0 Å². The highest BCUT2D eigenvalue weighted by Crippen LogP contribution is 2.09. The lowest BCUT2D eigenvalue weighted by molar-refractivity contribution is -0.135. The van der Waals surface area contributed by atoms with E-state index in [1.807, 2.05) is 13.8 Å². The molecule has 0 aliphatic heterocycles. The molecule has 0 bridgehead atoms. The molecule has 120 valence electrons. The largest absolute Gasteiger partial charge is 0.478 e. The maximum atomic E-state index is 12.2. The van der Waals surface area contributed by atoms with Crippen LogP contribution in [0.15, 0.2) is 24.3 Å². The number of carbonyl (C=O) groups is 3. The highest BCUT2D eigenvalue weighted by molar-refractivity contribution is 5.87. The predicted octanol–water partition coefficient (Wildman–Crippen LogP) is 1.29. The van der Waals surface area contributed by atoms with Gasteiger partial charge in [0, 0.05) is 13.0 Å². The lowest BCUT2D eigenvalue weighted by atomic mass is 10.1. The van der Waals surface area contributed by atoms with E-state index in [0.717, 1.165) is 5.56 Å². The van der Waals surface area contributed by atoms with Crippen molar-refractivity contribution in [2.75, 3.05) is 13.1 Å². The van der Waals surface area contributed by atoms with Crippen molar-refractivity contribution in [2.45, 2.75) is 26.7 Å². The Morgan fingerprint density at radius 1 is 1.18 bits per heavy atom. The topological polar surface area (TPSA) is 101 Å². The first-order valence-corrected chi connectivity index (χ1v) is 7.18. The number of carboxylic acids is 1. The van der Waals surface area contributed by atoms with Gasteiger partial charge < -0.3 is 15.7 Å². The van der Waals surface area contributed by atoms with Crippen LogP contribution in [0.5, 0.6) is 0 Å². The van der Waals surface area contributed by atoms with Crippen molar-refractivity contribution in [3.05, 3.63) is 35.4 Å². The van der Waals surface area contributed by atoms with Crippen molar-refractivity contribution in [3.63, 3.8) is 0 Å². The van der Waals surface area contributed by atoms with E-state index < -0.39 is 11.9 Å². The Morgan fingerprint density at radius 2 is 1.77 bits per heavy atom. The van der Waals surface area contributed by atoms with Crippen LogP contribution in [0.4, 0.5) is 0 Å². The number of primary amides is 1. The Labute approximate surface area is 129 Å². The summed E-state index contributed by atoms with van der Waals surface area (Å²) in [5.41, 5.74) is 6.26. The average Bonchev–Trinajstić information content (AvgIpc) is 2.43. The number of aromatic carboxylic acids is 1. The molecule has 6 nitrogen and oxygen atoms in total. The van der Waals surface area contributed by atoms with Crippen LogP contribution in [0.3, 0.4) is 0 Å². The first kappa shape index (κ1) is 17.7. The monoisotopic (exact) mass is 306 g/mol. The first-order chi connectivity index (χ1) is 10.3. The first-order valence-electron chi connectivity index (χ1n) is 7.18. The number of carboxylic acid groups (broad SMARTS) is 1. The molecule has 2 amide bonds. The Bertz CT molecular complexity index is 538. The van der Waals surface area contributed by atoms with Gasteiger partial charge in [-0.15, -0.1) is 0 Å². The second-order valence-corrected chi connectivity index (χ2v) is 5.64. The Morgan fingerprint density at radius 3 is 2.23 bits per heavy atom. The quantitative estimate of drug-likeness (QED) is 0.755. The number of amides is 2. The molecule has 0 unspecified atom stereocenters. The normalized spacial score (nSPS) is 10.5. The van der Waals surface area contributed by atoms with Crippen molar-refractivity contribution >= 4 is 17.8 Å². The van der Waals surface area contributed by atoms with Crippen LogP contribution in [-0.4, -0.2) is 40.9 Å². The molecule has 1 aromatic carbocycles. The third kappa shape index (κ3) is 5.95. The van der Waals surface area contributed by atoms with Gasteiger partial charge in [-0.05, 0) is 30.0 Å². The number of nitrogens with zero attached hydrogens (tertiary/aromatic N) is 1. The van der Waals surface area contributed by atoms with Gasteiger partial charge in [0.25, 0.3) is 0 Å². The van der Waals surface area contributed by atoms with E-state index in [0.29, 0.717) is 13.0 Å². The zero-order chi connectivity index (χ0) is 16.7. The summed E-state index contributed by atoms with van der Waals surface area (Å²) in [5, 5.41) is 8.83. The number of rotatable bonds is 8. The van der Waals surface area contributed by atoms with Crippen LogP contribution in [0.2, 0.25) is 0 Å². The fraction of sp³-hybridized carbons (Fsp3) is 0.438. The van der Waals surface area contributed by atoms with Crippen molar-refractivity contribution in [1.82, 2.24) is 4.90 Å². The molecule has 1 rings (SSSR count). The molecule has 0 saturated heterocycles. The maximum absolute atomic E-state index is 12.2. The van der Waals surface area contributed by atoms with E-state index in [1.54, 1.807) is 12.1 Å². The lowest BCUT2D eigenvalue weighted by Gasteiger charge is -2.23. The highest BCUT2D eigenvalue weighted by Gasteiger charge is 2.16. The molecular formula is C16H22N2O4. The van der Waals surface area contributed by atoms with Gasteiger partial charge in [0.05, 0.1) is 12.1 Å². The summed E-state index contributed by atoms with van der Waals surface area (Å²) in [7, 11) is 0. The number of nitrogens with two attached hydrogens (primary N) is 1. The van der Waals surface area contributed by atoms with Crippen molar-refractivity contribution in [1.29, 1.82) is 0 Å². The summed E-state index contributed by atoms with van der Waals surface area (Å²) in [4.78, 5) is 35.5. The van der Waals surface area contributed by atoms with E-state index in [-0.39, 0.29) is 30.4 Å². The smallest absolute Gasteiger partial charge is 0.335 e. The highest BCUT2D eigenvalue weighted by atomic mass is 16.4. The molecule has 0 spiro atoms. The van der Waals surface area contributed by atoms with E-state index in [9.17, 15) is 14.4 Å². The summed E-state index contributed by atoms with van der Waals surface area (Å²) in [5.74, 6) is -1.39. The van der Waals surface area contributed by atoms with Gasteiger partial charge in [0.1, 0.15) is 0 Å². The van der Waals surface area contributed by atoms with Crippen LogP contribution in [0.25, 0.3) is 0 Å². The van der Waals surface area contributed by atoms with Gasteiger partial charge >= 0.3 is 5.97 Å². The molecule has 1 aromatic rings. The molecule has 0 saturated carbocycles. The summed E-state index contributed by atoms with van der Waals surface area (Å²) in [6.07, 6.45) is 0.749. The third-order valence-electron chi connectivity index (χ3n) is 3.11. The van der Waals surface area contributed by atoms with Gasteiger partial charge in [-0.3, -0.25) is 9.59 Å². The minimum atomic E-state index is -0.979. The number of hydrogen-bond donors (Lipinski definition) is 2. The molecular weight excluding hydrogens is 284 g/mol. The number of aryl methyl sites for hydroxylation is 1. The molecule has 6 heteroatoms.